The van der Waals surface area contributed by atoms with Crippen molar-refractivity contribution >= 4 is 56.5 Å². The topological polar surface area (TPSA) is 160 Å². The Morgan fingerprint density at radius 2 is 1.34 bits per heavy atom. The summed E-state index contributed by atoms with van der Waals surface area (Å²) in [6, 6.07) is 6.18. The molecule has 12 nitrogen and oxygen atoms in total. The maximum absolute atomic E-state index is 12.4. The summed E-state index contributed by atoms with van der Waals surface area (Å²) in [6.45, 7) is 14.1. The number of likely N-dealkylation sites (tertiary alicyclic amines) is 1. The minimum absolute atomic E-state index is 0. The van der Waals surface area contributed by atoms with Crippen molar-refractivity contribution in [3.05, 3.63) is 47.5 Å². The summed E-state index contributed by atoms with van der Waals surface area (Å²) in [4.78, 5) is 27.2. The third-order valence-corrected chi connectivity index (χ3v) is 13.4. The molecule has 0 bridgehead atoms. The summed E-state index contributed by atoms with van der Waals surface area (Å²) in [5.41, 5.74) is 15.3. The molecule has 14 heteroatoms. The third kappa shape index (κ3) is 9.27. The fourth-order valence-corrected chi connectivity index (χ4v) is 6.63. The Morgan fingerprint density at radius 3 is 1.77 bits per heavy atom. The Kier molecular flexibility index (Phi) is 12.9. The van der Waals surface area contributed by atoms with Crippen LogP contribution in [-0.4, -0.2) is 90.9 Å². The normalized spacial score (nSPS) is 18.7. The van der Waals surface area contributed by atoms with Crippen molar-refractivity contribution in [2.24, 2.45) is 0 Å². The van der Waals surface area contributed by atoms with Crippen LogP contribution in [0.25, 0.3) is 0 Å². The number of nitrogens with one attached hydrogen (secondary N) is 2. The molecule has 2 heterocycles. The molecule has 2 aromatic rings. The van der Waals surface area contributed by atoms with E-state index >= 15 is 0 Å². The van der Waals surface area contributed by atoms with Gasteiger partial charge in [0.1, 0.15) is 36.1 Å². The molecule has 260 valence electrons. The van der Waals surface area contributed by atoms with Crippen LogP contribution in [0.15, 0.2) is 36.4 Å². The second-order valence-electron chi connectivity index (χ2n) is 13.2. The lowest BCUT2D eigenvalue weighted by molar-refractivity contribution is 0.0591. The summed E-state index contributed by atoms with van der Waals surface area (Å²) in [5, 5.41) is 6.73. The SMILES string of the molecule is COC(=O)c1cc(N)c2c(c1)OCC(N1CC[C@H](O[Si](C)(C)C(C)(C)C)C1)COc1cc(C(=O)OC)cc(N)c1NC/C=C/CN2.S. The number of esters is 2. The highest BCUT2D eigenvalue weighted by atomic mass is 32.1. The molecule has 47 heavy (non-hydrogen) atoms. The van der Waals surface area contributed by atoms with Gasteiger partial charge in [0.2, 0.25) is 0 Å². The van der Waals surface area contributed by atoms with Gasteiger partial charge in [-0.15, -0.1) is 0 Å². The number of nitrogen functional groups attached to an aromatic ring is 2. The van der Waals surface area contributed by atoms with Crippen molar-refractivity contribution < 1.29 is 33.0 Å². The molecule has 1 saturated heterocycles. The van der Waals surface area contributed by atoms with Gasteiger partial charge in [-0.05, 0) is 48.8 Å². The van der Waals surface area contributed by atoms with E-state index in [0.717, 1.165) is 13.0 Å². The van der Waals surface area contributed by atoms with E-state index in [2.05, 4.69) is 49.4 Å². The molecule has 0 aliphatic carbocycles. The van der Waals surface area contributed by atoms with Crippen LogP contribution < -0.4 is 31.6 Å². The number of anilines is 4. The van der Waals surface area contributed by atoms with E-state index < -0.39 is 20.3 Å². The van der Waals surface area contributed by atoms with Gasteiger partial charge in [0.15, 0.2) is 8.32 Å². The molecule has 1 fully saturated rings. The van der Waals surface area contributed by atoms with Gasteiger partial charge in [-0.1, -0.05) is 32.9 Å². The van der Waals surface area contributed by atoms with Gasteiger partial charge in [-0.25, -0.2) is 9.59 Å². The predicted octanol–water partition coefficient (Wildman–Crippen LogP) is 4.85. The highest BCUT2D eigenvalue weighted by Crippen LogP contribution is 2.39. The van der Waals surface area contributed by atoms with Gasteiger partial charge < -0.3 is 45.5 Å². The minimum atomic E-state index is -1.99. The summed E-state index contributed by atoms with van der Waals surface area (Å²) >= 11 is 0. The van der Waals surface area contributed by atoms with E-state index in [1.165, 1.54) is 14.2 Å². The highest BCUT2D eigenvalue weighted by Gasteiger charge is 2.41. The summed E-state index contributed by atoms with van der Waals surface area (Å²) in [6.07, 6.45) is 4.82. The van der Waals surface area contributed by atoms with E-state index in [-0.39, 0.29) is 55.0 Å². The Labute approximate surface area is 286 Å². The van der Waals surface area contributed by atoms with Crippen LogP contribution in [0.4, 0.5) is 22.7 Å². The van der Waals surface area contributed by atoms with Gasteiger partial charge in [-0.3, -0.25) is 4.90 Å². The van der Waals surface area contributed by atoms with E-state index in [9.17, 15) is 9.59 Å². The number of ether oxygens (including phenoxy) is 4. The van der Waals surface area contributed by atoms with Crippen LogP contribution in [0.1, 0.15) is 47.9 Å². The number of carbonyl (C=O) groups excluding carboxylic acids is 2. The maximum Gasteiger partial charge on any atom is 0.338 e. The van der Waals surface area contributed by atoms with Crippen molar-refractivity contribution in [3.8, 4) is 11.5 Å². The Morgan fingerprint density at radius 1 is 0.872 bits per heavy atom. The van der Waals surface area contributed by atoms with Crippen molar-refractivity contribution in [2.75, 3.05) is 75.7 Å². The molecule has 0 radical (unpaired) electrons. The Hall–Kier alpha value is -3.59. The molecule has 0 saturated carbocycles. The van der Waals surface area contributed by atoms with E-state index in [4.69, 9.17) is 34.8 Å². The van der Waals surface area contributed by atoms with Crippen molar-refractivity contribution in [3.63, 3.8) is 0 Å². The molecule has 4 rings (SSSR count). The zero-order valence-corrected chi connectivity index (χ0v) is 30.5. The second-order valence-corrected chi connectivity index (χ2v) is 17.9. The van der Waals surface area contributed by atoms with Crippen LogP contribution in [-0.2, 0) is 13.9 Å². The molecule has 2 aliphatic rings. The number of methoxy groups -OCH3 is 2. The second kappa shape index (κ2) is 16.0. The molecule has 1 atom stereocenters. The Bertz CT molecular complexity index is 1370. The Balaban J connectivity index is 0.00000600. The van der Waals surface area contributed by atoms with Gasteiger partial charge >= 0.3 is 11.9 Å². The van der Waals surface area contributed by atoms with Gasteiger partial charge in [0.05, 0.1) is 48.9 Å². The van der Waals surface area contributed by atoms with Crippen molar-refractivity contribution in [1.82, 2.24) is 4.90 Å². The fraction of sp³-hybridized carbons (Fsp3) is 0.515. The van der Waals surface area contributed by atoms with Crippen LogP contribution in [0.5, 0.6) is 11.5 Å². The predicted molar refractivity (Wildman–Crippen MR) is 194 cm³/mol. The lowest BCUT2D eigenvalue weighted by Gasteiger charge is -2.38. The zero-order chi connectivity index (χ0) is 33.6. The molecule has 0 unspecified atom stereocenters. The maximum atomic E-state index is 12.4. The first-order chi connectivity index (χ1) is 21.7. The largest absolute Gasteiger partial charge is 0.490 e. The third-order valence-electron chi connectivity index (χ3n) is 8.89. The number of nitrogens with two attached hydrogens (primary N) is 2. The average Bonchev–Trinajstić information content (AvgIpc) is 3.45. The lowest BCUT2D eigenvalue weighted by atomic mass is 10.1. The summed E-state index contributed by atoms with van der Waals surface area (Å²) in [7, 11) is 0.663. The van der Waals surface area contributed by atoms with E-state index in [1.54, 1.807) is 24.3 Å². The van der Waals surface area contributed by atoms with Crippen molar-refractivity contribution in [1.29, 1.82) is 0 Å². The molecule has 0 aromatic heterocycles. The summed E-state index contributed by atoms with van der Waals surface area (Å²) in [5.74, 6) is -0.170. The first-order valence-electron chi connectivity index (χ1n) is 15.6. The number of nitrogens with zero attached hydrogens (tertiary/aromatic N) is 1. The number of fused-ring (bicyclic) bond motifs is 2. The minimum Gasteiger partial charge on any atom is -0.490 e. The van der Waals surface area contributed by atoms with Crippen LogP contribution in [0.2, 0.25) is 18.1 Å². The molecule has 0 spiro atoms. The van der Waals surface area contributed by atoms with Crippen LogP contribution >= 0.6 is 13.5 Å². The van der Waals surface area contributed by atoms with Crippen molar-refractivity contribution in [2.45, 2.75) is 57.5 Å². The number of benzene rings is 2. The number of hydrogen-bond donors (Lipinski definition) is 4. The van der Waals surface area contributed by atoms with Gasteiger partial charge in [0, 0.05) is 26.2 Å². The highest BCUT2D eigenvalue weighted by molar-refractivity contribution is 7.59. The van der Waals surface area contributed by atoms with Gasteiger partial charge in [0.25, 0.3) is 0 Å². The molecule has 0 amide bonds. The fourth-order valence-electron chi connectivity index (χ4n) is 5.25. The van der Waals surface area contributed by atoms with Crippen LogP contribution in [0, 0.1) is 0 Å². The molecule has 2 aromatic carbocycles. The average molecular weight is 690 g/mol. The first-order valence-corrected chi connectivity index (χ1v) is 18.5. The molecular formula is C33H51N5O7SSi. The van der Waals surface area contributed by atoms with E-state index in [1.807, 2.05) is 12.2 Å². The quantitative estimate of drug-likeness (QED) is 0.147. The molecular weight excluding hydrogens is 639 g/mol. The molecule has 6 N–H and O–H groups in total. The smallest absolute Gasteiger partial charge is 0.338 e. The standard InChI is InChI=1S/C33H49N5O7Si.H2S/c1-33(2,3)46(6,7)45-24-10-13-38(18-24)23-19-43-27-16-21(31(39)41-4)14-25(34)29(27)36-11-8-9-12-37-30-26(35)15-22(32(40)42-5)17-28(30)44-20-23;/h8-9,14-17,23-24,36-37H,10-13,18-20,34-35H2,1-7H3;1H2/b9-8+;/t24-;/m0./s1. The summed E-state index contributed by atoms with van der Waals surface area (Å²) < 4.78 is 29.6. The molecule has 2 aliphatic heterocycles. The zero-order valence-electron chi connectivity index (χ0n) is 28.5. The van der Waals surface area contributed by atoms with Gasteiger partial charge in [-0.2, -0.15) is 13.5 Å². The number of hydrogen-bond acceptors (Lipinski definition) is 12. The van der Waals surface area contributed by atoms with Crippen LogP contribution in [0.3, 0.4) is 0 Å². The lowest BCUT2D eigenvalue weighted by Crippen LogP contribution is -2.46. The number of rotatable bonds is 5. The number of carbonyl (C=O) groups is 2. The first kappa shape index (κ1) is 37.9. The van der Waals surface area contributed by atoms with E-state index in [0.29, 0.717) is 53.9 Å². The monoisotopic (exact) mass is 689 g/mol.